The molecule has 0 atom stereocenters. The highest BCUT2D eigenvalue weighted by atomic mass is 35.5. The zero-order valence-corrected chi connectivity index (χ0v) is 16.2. The fraction of sp³-hybridized carbons (Fsp3) is 0.211. The molecule has 0 fully saturated rings. The van der Waals surface area contributed by atoms with Gasteiger partial charge in [-0.2, -0.15) is 5.10 Å². The lowest BCUT2D eigenvalue weighted by molar-refractivity contribution is -0.123. The first-order valence-corrected chi connectivity index (χ1v) is 9.56. The molecule has 2 aromatic heterocycles. The van der Waals surface area contributed by atoms with Crippen molar-refractivity contribution in [3.63, 3.8) is 0 Å². The zero-order chi connectivity index (χ0) is 19.2. The quantitative estimate of drug-likeness (QED) is 0.657. The summed E-state index contributed by atoms with van der Waals surface area (Å²) in [7, 11) is 0. The van der Waals surface area contributed by atoms with Crippen LogP contribution in [-0.4, -0.2) is 28.8 Å². The molecule has 8 heteroatoms. The number of hydrogen-bond acceptors (Lipinski definition) is 5. The van der Waals surface area contributed by atoms with E-state index in [2.05, 4.69) is 10.4 Å². The number of amides is 1. The van der Waals surface area contributed by atoms with Crippen LogP contribution in [0.5, 0.6) is 5.75 Å². The maximum atomic E-state index is 12.0. The molecule has 1 amide bonds. The van der Waals surface area contributed by atoms with E-state index in [1.54, 1.807) is 29.5 Å². The van der Waals surface area contributed by atoms with Gasteiger partial charge in [-0.05, 0) is 42.1 Å². The van der Waals surface area contributed by atoms with Crippen LogP contribution in [-0.2, 0) is 11.3 Å². The third-order valence-electron chi connectivity index (χ3n) is 3.73. The van der Waals surface area contributed by atoms with E-state index in [0.29, 0.717) is 10.8 Å². The predicted octanol–water partition coefficient (Wildman–Crippen LogP) is 3.13. The summed E-state index contributed by atoms with van der Waals surface area (Å²) in [6, 6.07) is 12.4. The largest absolute Gasteiger partial charge is 0.482 e. The minimum absolute atomic E-state index is 0.152. The molecule has 1 aromatic carbocycles. The van der Waals surface area contributed by atoms with Crippen LogP contribution in [0.1, 0.15) is 5.56 Å². The molecule has 0 radical (unpaired) electrons. The second kappa shape index (κ2) is 8.83. The average molecular weight is 404 g/mol. The Morgan fingerprint density at radius 3 is 2.93 bits per heavy atom. The SMILES string of the molecule is Cc1ccc(Cl)c(OCC(=O)NCCn2nc(-c3cccs3)ccc2=O)c1. The van der Waals surface area contributed by atoms with E-state index in [9.17, 15) is 9.59 Å². The molecule has 2 heterocycles. The van der Waals surface area contributed by atoms with Crippen molar-refractivity contribution in [3.8, 4) is 16.3 Å². The number of aryl methyl sites for hydroxylation is 1. The van der Waals surface area contributed by atoms with Crippen molar-refractivity contribution < 1.29 is 9.53 Å². The van der Waals surface area contributed by atoms with E-state index in [-0.39, 0.29) is 31.2 Å². The summed E-state index contributed by atoms with van der Waals surface area (Å²) in [4.78, 5) is 24.9. The third kappa shape index (κ3) is 5.18. The van der Waals surface area contributed by atoms with E-state index in [0.717, 1.165) is 16.1 Å². The molecule has 0 aliphatic rings. The van der Waals surface area contributed by atoms with Crippen LogP contribution in [0.25, 0.3) is 10.6 Å². The van der Waals surface area contributed by atoms with Gasteiger partial charge in [0.1, 0.15) is 11.4 Å². The van der Waals surface area contributed by atoms with Crippen molar-refractivity contribution in [2.45, 2.75) is 13.5 Å². The smallest absolute Gasteiger partial charge is 0.266 e. The molecule has 0 spiro atoms. The number of nitrogens with zero attached hydrogens (tertiary/aromatic N) is 2. The van der Waals surface area contributed by atoms with Crippen molar-refractivity contribution in [1.82, 2.24) is 15.1 Å². The maximum absolute atomic E-state index is 12.0. The average Bonchev–Trinajstić information content (AvgIpc) is 3.19. The van der Waals surface area contributed by atoms with Crippen LogP contribution in [0.2, 0.25) is 5.02 Å². The van der Waals surface area contributed by atoms with Gasteiger partial charge in [-0.3, -0.25) is 9.59 Å². The van der Waals surface area contributed by atoms with E-state index in [1.807, 2.05) is 30.5 Å². The number of thiophene rings is 1. The molecule has 3 aromatic rings. The Morgan fingerprint density at radius 1 is 1.30 bits per heavy atom. The first-order chi connectivity index (χ1) is 13.0. The zero-order valence-electron chi connectivity index (χ0n) is 14.6. The molecule has 27 heavy (non-hydrogen) atoms. The number of hydrogen-bond donors (Lipinski definition) is 1. The first kappa shape index (κ1) is 19.1. The molecular weight excluding hydrogens is 386 g/mol. The molecule has 0 aliphatic carbocycles. The number of carbonyl (C=O) groups is 1. The van der Waals surface area contributed by atoms with Crippen LogP contribution in [0, 0.1) is 6.92 Å². The maximum Gasteiger partial charge on any atom is 0.266 e. The number of ether oxygens (including phenoxy) is 1. The number of carbonyl (C=O) groups excluding carboxylic acids is 1. The summed E-state index contributed by atoms with van der Waals surface area (Å²) >= 11 is 7.59. The lowest BCUT2D eigenvalue weighted by atomic mass is 10.2. The highest BCUT2D eigenvalue weighted by Gasteiger charge is 2.08. The van der Waals surface area contributed by atoms with Crippen molar-refractivity contribution in [2.75, 3.05) is 13.2 Å². The third-order valence-corrected chi connectivity index (χ3v) is 4.94. The molecule has 0 saturated carbocycles. The summed E-state index contributed by atoms with van der Waals surface area (Å²) in [6.45, 7) is 2.30. The molecule has 0 bridgehead atoms. The Balaban J connectivity index is 1.52. The van der Waals surface area contributed by atoms with Crippen LogP contribution in [0.4, 0.5) is 0 Å². The van der Waals surface area contributed by atoms with Gasteiger partial charge in [0.15, 0.2) is 6.61 Å². The fourth-order valence-electron chi connectivity index (χ4n) is 2.38. The van der Waals surface area contributed by atoms with Gasteiger partial charge in [-0.25, -0.2) is 4.68 Å². The summed E-state index contributed by atoms with van der Waals surface area (Å²) in [5, 5.41) is 9.46. The van der Waals surface area contributed by atoms with Crippen LogP contribution in [0.15, 0.2) is 52.6 Å². The van der Waals surface area contributed by atoms with Crippen LogP contribution >= 0.6 is 22.9 Å². The van der Waals surface area contributed by atoms with Gasteiger partial charge in [0.05, 0.1) is 16.4 Å². The normalized spacial score (nSPS) is 10.6. The highest BCUT2D eigenvalue weighted by Crippen LogP contribution is 2.25. The van der Waals surface area contributed by atoms with Gasteiger partial charge in [-0.1, -0.05) is 23.7 Å². The molecular formula is C19H18ClN3O3S. The van der Waals surface area contributed by atoms with Crippen LogP contribution < -0.4 is 15.6 Å². The molecule has 0 saturated heterocycles. The van der Waals surface area contributed by atoms with Crippen molar-refractivity contribution in [1.29, 1.82) is 0 Å². The number of rotatable bonds is 7. The predicted molar refractivity (Wildman–Crippen MR) is 107 cm³/mol. The Bertz CT molecular complexity index is 986. The van der Waals surface area contributed by atoms with Crippen molar-refractivity contribution in [3.05, 3.63) is 68.8 Å². The molecule has 140 valence electrons. The van der Waals surface area contributed by atoms with Gasteiger partial charge in [0.25, 0.3) is 11.5 Å². The number of nitrogens with one attached hydrogen (secondary N) is 1. The van der Waals surface area contributed by atoms with E-state index < -0.39 is 0 Å². The second-order valence-corrected chi connectivity index (χ2v) is 7.18. The van der Waals surface area contributed by atoms with E-state index >= 15 is 0 Å². The molecule has 0 aliphatic heterocycles. The van der Waals surface area contributed by atoms with Crippen molar-refractivity contribution >= 4 is 28.8 Å². The lowest BCUT2D eigenvalue weighted by Crippen LogP contribution is -2.34. The minimum Gasteiger partial charge on any atom is -0.482 e. The van der Waals surface area contributed by atoms with E-state index in [1.165, 1.54) is 10.7 Å². The Hall–Kier alpha value is -2.64. The highest BCUT2D eigenvalue weighted by molar-refractivity contribution is 7.13. The summed E-state index contributed by atoms with van der Waals surface area (Å²) in [6.07, 6.45) is 0. The molecule has 3 rings (SSSR count). The fourth-order valence-corrected chi connectivity index (χ4v) is 3.24. The standard InChI is InChI=1S/C19H18ClN3O3S/c1-13-4-5-14(20)16(11-13)26-12-18(24)21-8-9-23-19(25)7-6-15(22-23)17-3-2-10-27-17/h2-7,10-11H,8-9,12H2,1H3,(H,21,24). The van der Waals surface area contributed by atoms with Crippen molar-refractivity contribution in [2.24, 2.45) is 0 Å². The Labute approximate surface area is 165 Å². The number of halogens is 1. The Kier molecular flexibility index (Phi) is 6.26. The minimum atomic E-state index is -0.296. The molecule has 0 unspecified atom stereocenters. The van der Waals surface area contributed by atoms with E-state index in [4.69, 9.17) is 16.3 Å². The monoisotopic (exact) mass is 403 g/mol. The van der Waals surface area contributed by atoms with Gasteiger partial charge in [0.2, 0.25) is 0 Å². The van der Waals surface area contributed by atoms with Gasteiger partial charge in [-0.15, -0.1) is 11.3 Å². The van der Waals surface area contributed by atoms with Gasteiger partial charge < -0.3 is 10.1 Å². The second-order valence-electron chi connectivity index (χ2n) is 5.83. The summed E-state index contributed by atoms with van der Waals surface area (Å²) in [5.74, 6) is 0.170. The number of benzene rings is 1. The number of aromatic nitrogens is 2. The van der Waals surface area contributed by atoms with Gasteiger partial charge in [0, 0.05) is 12.6 Å². The molecule has 1 N–H and O–H groups in total. The molecule has 6 nitrogen and oxygen atoms in total. The van der Waals surface area contributed by atoms with Crippen LogP contribution in [0.3, 0.4) is 0 Å². The topological polar surface area (TPSA) is 73.2 Å². The lowest BCUT2D eigenvalue weighted by Gasteiger charge is -2.10. The summed E-state index contributed by atoms with van der Waals surface area (Å²) < 4.78 is 6.79. The summed E-state index contributed by atoms with van der Waals surface area (Å²) in [5.41, 5.74) is 1.51. The van der Waals surface area contributed by atoms with Gasteiger partial charge >= 0.3 is 0 Å². The Morgan fingerprint density at radius 2 is 2.15 bits per heavy atom. The first-order valence-electron chi connectivity index (χ1n) is 8.30.